The van der Waals surface area contributed by atoms with Gasteiger partial charge in [-0.1, -0.05) is 0 Å². The van der Waals surface area contributed by atoms with Crippen molar-refractivity contribution in [3.05, 3.63) is 28.0 Å². The molecule has 0 amide bonds. The van der Waals surface area contributed by atoms with E-state index in [-0.39, 0.29) is 5.69 Å². The third kappa shape index (κ3) is 3.66. The Hall–Kier alpha value is -0.660. The SMILES string of the molecule is CNCC(C)S(=O)(=O)Nc1cc(F)c(Br)cc1C. The standard InChI is InChI=1S/C11H16BrFN2O2S/c1-7-4-9(12)10(13)5-11(7)15-18(16,17)8(2)6-14-3/h4-5,8,14-15H,6H2,1-3H3. The minimum atomic E-state index is -3.52. The number of hydrogen-bond donors (Lipinski definition) is 2. The number of halogens is 2. The molecule has 0 saturated carbocycles. The van der Waals surface area contributed by atoms with Gasteiger partial charge in [0.15, 0.2) is 0 Å². The lowest BCUT2D eigenvalue weighted by Gasteiger charge is -2.16. The molecule has 0 aliphatic rings. The lowest BCUT2D eigenvalue weighted by Crippen LogP contribution is -2.33. The van der Waals surface area contributed by atoms with E-state index in [4.69, 9.17) is 0 Å². The molecule has 0 fully saturated rings. The quantitative estimate of drug-likeness (QED) is 0.865. The van der Waals surface area contributed by atoms with Crippen molar-refractivity contribution in [3.8, 4) is 0 Å². The van der Waals surface area contributed by atoms with E-state index >= 15 is 0 Å². The van der Waals surface area contributed by atoms with Crippen LogP contribution in [-0.2, 0) is 10.0 Å². The molecule has 0 aliphatic carbocycles. The van der Waals surface area contributed by atoms with Crippen LogP contribution in [0.1, 0.15) is 12.5 Å². The number of benzene rings is 1. The molecule has 0 spiro atoms. The van der Waals surface area contributed by atoms with E-state index in [9.17, 15) is 12.8 Å². The monoisotopic (exact) mass is 338 g/mol. The van der Waals surface area contributed by atoms with Gasteiger partial charge in [-0.3, -0.25) is 4.72 Å². The van der Waals surface area contributed by atoms with Gasteiger partial charge in [-0.25, -0.2) is 12.8 Å². The first kappa shape index (κ1) is 15.4. The van der Waals surface area contributed by atoms with Crippen molar-refractivity contribution >= 4 is 31.6 Å². The fraction of sp³-hybridized carbons (Fsp3) is 0.455. The van der Waals surface area contributed by atoms with Gasteiger partial charge in [0.2, 0.25) is 10.0 Å². The van der Waals surface area contributed by atoms with Crippen LogP contribution in [0.3, 0.4) is 0 Å². The molecule has 7 heteroatoms. The molecule has 0 aromatic heterocycles. The topological polar surface area (TPSA) is 58.2 Å². The van der Waals surface area contributed by atoms with Crippen LogP contribution in [0.4, 0.5) is 10.1 Å². The highest BCUT2D eigenvalue weighted by molar-refractivity contribution is 9.10. The van der Waals surface area contributed by atoms with E-state index in [0.29, 0.717) is 16.6 Å². The van der Waals surface area contributed by atoms with Crippen LogP contribution in [0, 0.1) is 12.7 Å². The van der Waals surface area contributed by atoms with Crippen molar-refractivity contribution in [1.29, 1.82) is 0 Å². The Kier molecular flexibility index (Phi) is 5.12. The van der Waals surface area contributed by atoms with Crippen molar-refractivity contribution in [2.45, 2.75) is 19.1 Å². The number of anilines is 1. The first-order valence-corrected chi connectivity index (χ1v) is 7.73. The van der Waals surface area contributed by atoms with E-state index in [0.717, 1.165) is 0 Å². The Morgan fingerprint density at radius 1 is 1.44 bits per heavy atom. The Morgan fingerprint density at radius 3 is 2.61 bits per heavy atom. The Bertz CT molecular complexity index is 534. The van der Waals surface area contributed by atoms with Crippen LogP contribution < -0.4 is 10.0 Å². The van der Waals surface area contributed by atoms with Gasteiger partial charge in [0.1, 0.15) is 5.82 Å². The minimum absolute atomic E-state index is 0.263. The molecule has 18 heavy (non-hydrogen) atoms. The molecule has 0 aliphatic heterocycles. The van der Waals surface area contributed by atoms with Crippen molar-refractivity contribution in [3.63, 3.8) is 0 Å². The number of nitrogens with one attached hydrogen (secondary N) is 2. The summed E-state index contributed by atoms with van der Waals surface area (Å²) in [5.41, 5.74) is 0.919. The molecule has 4 nitrogen and oxygen atoms in total. The lowest BCUT2D eigenvalue weighted by atomic mass is 10.2. The van der Waals surface area contributed by atoms with Gasteiger partial charge in [-0.15, -0.1) is 0 Å². The maximum atomic E-state index is 13.4. The van der Waals surface area contributed by atoms with Crippen LogP contribution in [0.5, 0.6) is 0 Å². The summed E-state index contributed by atoms with van der Waals surface area (Å²) >= 11 is 3.05. The first-order chi connectivity index (χ1) is 8.27. The molecule has 1 aromatic carbocycles. The highest BCUT2D eigenvalue weighted by atomic mass is 79.9. The Morgan fingerprint density at radius 2 is 2.06 bits per heavy atom. The van der Waals surface area contributed by atoms with Crippen LogP contribution in [0.25, 0.3) is 0 Å². The molecule has 0 radical (unpaired) electrons. The highest BCUT2D eigenvalue weighted by Crippen LogP contribution is 2.25. The highest BCUT2D eigenvalue weighted by Gasteiger charge is 2.21. The zero-order chi connectivity index (χ0) is 13.9. The molecule has 1 atom stereocenters. The second kappa shape index (κ2) is 5.99. The zero-order valence-corrected chi connectivity index (χ0v) is 12.8. The Balaban J connectivity index is 3.01. The summed E-state index contributed by atoms with van der Waals surface area (Å²) in [4.78, 5) is 0. The third-order valence-corrected chi connectivity index (χ3v) is 4.88. The molecule has 0 heterocycles. The summed E-state index contributed by atoms with van der Waals surface area (Å²) in [5.74, 6) is -0.500. The van der Waals surface area contributed by atoms with Crippen molar-refractivity contribution in [2.24, 2.45) is 0 Å². The van der Waals surface area contributed by atoms with Crippen LogP contribution in [-0.4, -0.2) is 27.3 Å². The number of aryl methyl sites for hydroxylation is 1. The molecule has 0 saturated heterocycles. The summed E-state index contributed by atoms with van der Waals surface area (Å²) in [6.07, 6.45) is 0. The van der Waals surface area contributed by atoms with E-state index in [1.807, 2.05) is 0 Å². The summed E-state index contributed by atoms with van der Waals surface area (Å²) in [6.45, 7) is 3.63. The average Bonchev–Trinajstić information content (AvgIpc) is 2.26. The maximum Gasteiger partial charge on any atom is 0.236 e. The van der Waals surface area contributed by atoms with Gasteiger partial charge in [0, 0.05) is 6.54 Å². The van der Waals surface area contributed by atoms with Gasteiger partial charge >= 0.3 is 0 Å². The second-order valence-corrected chi connectivity index (χ2v) is 7.05. The van der Waals surface area contributed by atoms with Gasteiger partial charge < -0.3 is 5.32 Å². The summed E-state index contributed by atoms with van der Waals surface area (Å²) < 4.78 is 40.0. The maximum absolute atomic E-state index is 13.4. The van der Waals surface area contributed by atoms with Crippen LogP contribution in [0.15, 0.2) is 16.6 Å². The molecule has 0 bridgehead atoms. The number of sulfonamides is 1. The lowest BCUT2D eigenvalue weighted by molar-refractivity contribution is 0.583. The third-order valence-electron chi connectivity index (χ3n) is 2.54. The second-order valence-electron chi connectivity index (χ2n) is 4.10. The van der Waals surface area contributed by atoms with E-state index in [1.54, 1.807) is 20.9 Å². The van der Waals surface area contributed by atoms with Gasteiger partial charge in [0.05, 0.1) is 15.4 Å². The minimum Gasteiger partial charge on any atom is -0.318 e. The van der Waals surface area contributed by atoms with Crippen LogP contribution in [0.2, 0.25) is 0 Å². The van der Waals surface area contributed by atoms with Crippen LogP contribution >= 0.6 is 15.9 Å². The first-order valence-electron chi connectivity index (χ1n) is 5.39. The molecule has 2 N–H and O–H groups in total. The largest absolute Gasteiger partial charge is 0.318 e. The van der Waals surface area contributed by atoms with Gasteiger partial charge in [-0.2, -0.15) is 0 Å². The van der Waals surface area contributed by atoms with Crippen molar-refractivity contribution in [2.75, 3.05) is 18.3 Å². The summed E-state index contributed by atoms with van der Waals surface area (Å²) in [6, 6.07) is 2.71. The fourth-order valence-corrected chi connectivity index (χ4v) is 2.98. The van der Waals surface area contributed by atoms with E-state index in [1.165, 1.54) is 12.1 Å². The molecule has 1 aromatic rings. The smallest absolute Gasteiger partial charge is 0.236 e. The fourth-order valence-electron chi connectivity index (χ4n) is 1.41. The molecular weight excluding hydrogens is 323 g/mol. The van der Waals surface area contributed by atoms with E-state index < -0.39 is 21.1 Å². The predicted molar refractivity (Wildman–Crippen MR) is 74.8 cm³/mol. The predicted octanol–water partition coefficient (Wildman–Crippen LogP) is 2.25. The normalized spacial score (nSPS) is 13.4. The molecular formula is C11H16BrFN2O2S. The molecule has 1 unspecified atom stereocenters. The van der Waals surface area contributed by atoms with Gasteiger partial charge in [0.25, 0.3) is 0 Å². The van der Waals surface area contributed by atoms with Crippen molar-refractivity contribution in [1.82, 2.24) is 5.32 Å². The zero-order valence-electron chi connectivity index (χ0n) is 10.4. The van der Waals surface area contributed by atoms with Crippen molar-refractivity contribution < 1.29 is 12.8 Å². The van der Waals surface area contributed by atoms with Gasteiger partial charge in [-0.05, 0) is 54.5 Å². The molecule has 102 valence electrons. The number of hydrogen-bond acceptors (Lipinski definition) is 3. The molecule has 1 rings (SSSR count). The number of rotatable bonds is 5. The summed E-state index contributed by atoms with van der Waals surface area (Å²) in [5, 5.41) is 2.19. The average molecular weight is 339 g/mol. The van der Waals surface area contributed by atoms with E-state index in [2.05, 4.69) is 26.0 Å². The Labute approximate surface area is 115 Å². The summed E-state index contributed by atoms with van der Waals surface area (Å²) in [7, 11) is -1.84.